The zero-order valence-corrected chi connectivity index (χ0v) is 13.4. The number of carbonyl (C=O) groups excluding carboxylic acids is 2. The van der Waals surface area contributed by atoms with Gasteiger partial charge in [-0.05, 0) is 55.3 Å². The number of amides is 2. The third-order valence-electron chi connectivity index (χ3n) is 3.47. The molecule has 0 bridgehead atoms. The molecule has 0 aliphatic rings. The maximum absolute atomic E-state index is 12.3. The van der Waals surface area contributed by atoms with Crippen LogP contribution in [-0.4, -0.2) is 18.9 Å². The third-order valence-corrected chi connectivity index (χ3v) is 3.80. The Bertz CT molecular complexity index is 741. The molecule has 0 saturated heterocycles. The lowest BCUT2D eigenvalue weighted by molar-refractivity contribution is 0.0961. The highest BCUT2D eigenvalue weighted by Gasteiger charge is 2.12. The predicted molar refractivity (Wildman–Crippen MR) is 88.7 cm³/mol. The second kappa shape index (κ2) is 6.62. The van der Waals surface area contributed by atoms with Gasteiger partial charge in [0, 0.05) is 18.2 Å². The van der Waals surface area contributed by atoms with E-state index < -0.39 is 0 Å². The molecule has 4 nitrogen and oxygen atoms in total. The minimum atomic E-state index is -0.265. The van der Waals surface area contributed by atoms with Crippen molar-refractivity contribution < 1.29 is 9.59 Å². The molecular weight excluding hydrogens is 300 g/mol. The number of hydrogen-bond donors (Lipinski definition) is 2. The molecule has 0 aliphatic carbocycles. The Morgan fingerprint density at radius 2 is 1.55 bits per heavy atom. The smallest absolute Gasteiger partial charge is 0.255 e. The number of aryl methyl sites for hydroxylation is 2. The van der Waals surface area contributed by atoms with Crippen LogP contribution in [0.2, 0.25) is 5.02 Å². The summed E-state index contributed by atoms with van der Waals surface area (Å²) in [6.45, 7) is 3.94. The second-order valence-corrected chi connectivity index (χ2v) is 5.43. The van der Waals surface area contributed by atoms with Crippen LogP contribution in [0.4, 0.5) is 5.69 Å². The zero-order valence-electron chi connectivity index (χ0n) is 12.7. The first-order chi connectivity index (χ1) is 10.4. The normalized spacial score (nSPS) is 10.2. The van der Waals surface area contributed by atoms with E-state index in [4.69, 9.17) is 11.6 Å². The fourth-order valence-corrected chi connectivity index (χ4v) is 2.15. The summed E-state index contributed by atoms with van der Waals surface area (Å²) in [6.07, 6.45) is 0. The van der Waals surface area contributed by atoms with Gasteiger partial charge in [-0.1, -0.05) is 17.7 Å². The van der Waals surface area contributed by atoms with Crippen LogP contribution < -0.4 is 10.6 Å². The highest BCUT2D eigenvalue weighted by Crippen LogP contribution is 2.24. The average molecular weight is 317 g/mol. The molecule has 0 fully saturated rings. The summed E-state index contributed by atoms with van der Waals surface area (Å²) >= 11 is 6.09. The van der Waals surface area contributed by atoms with Crippen molar-refractivity contribution in [1.82, 2.24) is 5.32 Å². The summed E-state index contributed by atoms with van der Waals surface area (Å²) in [6, 6.07) is 10.2. The summed E-state index contributed by atoms with van der Waals surface area (Å²) in [5, 5.41) is 5.65. The van der Waals surface area contributed by atoms with Gasteiger partial charge in [-0.3, -0.25) is 9.59 Å². The van der Waals surface area contributed by atoms with Crippen molar-refractivity contribution in [2.24, 2.45) is 0 Å². The molecule has 2 amide bonds. The quantitative estimate of drug-likeness (QED) is 0.909. The number of rotatable bonds is 3. The highest BCUT2D eigenvalue weighted by molar-refractivity contribution is 6.34. The Labute approximate surface area is 134 Å². The van der Waals surface area contributed by atoms with E-state index in [1.807, 2.05) is 26.0 Å². The van der Waals surface area contributed by atoms with Gasteiger partial charge in [0.05, 0.1) is 10.7 Å². The SMILES string of the molecule is CNC(=O)c1ccc(Cl)c(NC(=O)c2ccc(C)c(C)c2)c1. The van der Waals surface area contributed by atoms with Gasteiger partial charge < -0.3 is 10.6 Å². The molecule has 5 heteroatoms. The Hall–Kier alpha value is -2.33. The van der Waals surface area contributed by atoms with Gasteiger partial charge in [-0.2, -0.15) is 0 Å². The zero-order chi connectivity index (χ0) is 16.3. The summed E-state index contributed by atoms with van der Waals surface area (Å²) < 4.78 is 0. The van der Waals surface area contributed by atoms with Crippen LogP contribution in [0.1, 0.15) is 31.8 Å². The topological polar surface area (TPSA) is 58.2 Å². The van der Waals surface area contributed by atoms with Crippen molar-refractivity contribution in [2.75, 3.05) is 12.4 Å². The van der Waals surface area contributed by atoms with Crippen LogP contribution in [0.3, 0.4) is 0 Å². The third kappa shape index (κ3) is 3.46. The molecule has 2 rings (SSSR count). The second-order valence-electron chi connectivity index (χ2n) is 5.03. The van der Waals surface area contributed by atoms with Gasteiger partial charge in [0.1, 0.15) is 0 Å². The Morgan fingerprint density at radius 3 is 2.18 bits per heavy atom. The lowest BCUT2D eigenvalue weighted by atomic mass is 10.1. The molecule has 0 saturated carbocycles. The molecule has 0 aliphatic heterocycles. The summed E-state index contributed by atoms with van der Waals surface area (Å²) in [4.78, 5) is 24.0. The molecule has 2 aromatic carbocycles. The fraction of sp³-hybridized carbons (Fsp3) is 0.176. The predicted octanol–water partition coefficient (Wildman–Crippen LogP) is 3.57. The van der Waals surface area contributed by atoms with E-state index in [9.17, 15) is 9.59 Å². The van der Waals surface area contributed by atoms with Gasteiger partial charge in [0.15, 0.2) is 0 Å². The van der Waals surface area contributed by atoms with E-state index in [1.54, 1.807) is 31.3 Å². The van der Waals surface area contributed by atoms with Gasteiger partial charge in [-0.15, -0.1) is 0 Å². The van der Waals surface area contributed by atoms with E-state index in [-0.39, 0.29) is 11.8 Å². The van der Waals surface area contributed by atoms with Crippen molar-refractivity contribution in [3.8, 4) is 0 Å². The van der Waals surface area contributed by atoms with Crippen molar-refractivity contribution in [2.45, 2.75) is 13.8 Å². The largest absolute Gasteiger partial charge is 0.355 e. The first kappa shape index (κ1) is 16.0. The molecule has 0 heterocycles. The van der Waals surface area contributed by atoms with Gasteiger partial charge in [-0.25, -0.2) is 0 Å². The molecule has 0 spiro atoms. The van der Waals surface area contributed by atoms with E-state index in [2.05, 4.69) is 10.6 Å². The van der Waals surface area contributed by atoms with Crippen LogP contribution in [0.25, 0.3) is 0 Å². The number of anilines is 1. The Balaban J connectivity index is 2.27. The molecule has 114 valence electrons. The summed E-state index contributed by atoms with van der Waals surface area (Å²) in [5.41, 5.74) is 3.55. The molecule has 0 atom stereocenters. The number of halogens is 1. The summed E-state index contributed by atoms with van der Waals surface area (Å²) in [5.74, 6) is -0.502. The lowest BCUT2D eigenvalue weighted by Crippen LogP contribution is -2.18. The minimum absolute atomic E-state index is 0.238. The summed E-state index contributed by atoms with van der Waals surface area (Å²) in [7, 11) is 1.55. The van der Waals surface area contributed by atoms with Crippen molar-refractivity contribution in [3.63, 3.8) is 0 Å². The molecule has 0 aromatic heterocycles. The van der Waals surface area contributed by atoms with Crippen LogP contribution in [0.15, 0.2) is 36.4 Å². The molecule has 2 aromatic rings. The van der Waals surface area contributed by atoms with Crippen molar-refractivity contribution in [1.29, 1.82) is 0 Å². The van der Waals surface area contributed by atoms with Crippen LogP contribution >= 0.6 is 11.6 Å². The molecule has 2 N–H and O–H groups in total. The first-order valence-corrected chi connectivity index (χ1v) is 7.20. The Kier molecular flexibility index (Phi) is 4.83. The molecular formula is C17H17ClN2O2. The molecule has 0 unspecified atom stereocenters. The average Bonchev–Trinajstić information content (AvgIpc) is 2.51. The minimum Gasteiger partial charge on any atom is -0.355 e. The van der Waals surface area contributed by atoms with Crippen LogP contribution in [0, 0.1) is 13.8 Å². The first-order valence-electron chi connectivity index (χ1n) is 6.82. The van der Waals surface area contributed by atoms with Gasteiger partial charge in [0.25, 0.3) is 11.8 Å². The number of carbonyl (C=O) groups is 2. The maximum atomic E-state index is 12.3. The number of hydrogen-bond acceptors (Lipinski definition) is 2. The standard InChI is InChI=1S/C17H17ClN2O2/c1-10-4-5-12(8-11(10)2)17(22)20-15-9-13(16(21)19-3)6-7-14(15)18/h4-9H,1-3H3,(H,19,21)(H,20,22). The van der Waals surface area contributed by atoms with E-state index >= 15 is 0 Å². The van der Waals surface area contributed by atoms with Crippen molar-refractivity contribution in [3.05, 3.63) is 63.7 Å². The monoisotopic (exact) mass is 316 g/mol. The van der Waals surface area contributed by atoms with Gasteiger partial charge in [0.2, 0.25) is 0 Å². The number of benzene rings is 2. The van der Waals surface area contributed by atoms with Crippen LogP contribution in [-0.2, 0) is 0 Å². The number of nitrogens with one attached hydrogen (secondary N) is 2. The van der Waals surface area contributed by atoms with E-state index in [1.165, 1.54) is 0 Å². The maximum Gasteiger partial charge on any atom is 0.255 e. The van der Waals surface area contributed by atoms with Crippen molar-refractivity contribution >= 4 is 29.1 Å². The van der Waals surface area contributed by atoms with Crippen LogP contribution in [0.5, 0.6) is 0 Å². The van der Waals surface area contributed by atoms with E-state index in [0.29, 0.717) is 21.8 Å². The molecule has 22 heavy (non-hydrogen) atoms. The van der Waals surface area contributed by atoms with E-state index in [0.717, 1.165) is 11.1 Å². The Morgan fingerprint density at radius 1 is 0.909 bits per heavy atom. The molecule has 0 radical (unpaired) electrons. The van der Waals surface area contributed by atoms with Gasteiger partial charge >= 0.3 is 0 Å². The fourth-order valence-electron chi connectivity index (χ4n) is 1.98. The highest BCUT2D eigenvalue weighted by atomic mass is 35.5. The lowest BCUT2D eigenvalue weighted by Gasteiger charge is -2.10.